The van der Waals surface area contributed by atoms with Crippen molar-refractivity contribution < 1.29 is 4.39 Å². The Morgan fingerprint density at radius 3 is 2.87 bits per heavy atom. The number of benzene rings is 1. The van der Waals surface area contributed by atoms with Crippen LogP contribution in [-0.2, 0) is 6.42 Å². The first-order valence-electron chi connectivity index (χ1n) is 5.42. The Labute approximate surface area is 94.6 Å². The molecule has 1 N–H and O–H groups in total. The lowest BCUT2D eigenvalue weighted by atomic mass is 9.98. The Bertz CT molecular complexity index is 314. The average Bonchev–Trinajstić information content (AvgIpc) is 2.17. The summed E-state index contributed by atoms with van der Waals surface area (Å²) < 4.78 is 13.1. The van der Waals surface area contributed by atoms with Crippen molar-refractivity contribution in [2.75, 3.05) is 6.54 Å². The molecule has 0 amide bonds. The molecule has 0 radical (unpaired) electrons. The summed E-state index contributed by atoms with van der Waals surface area (Å²) in [5, 5.41) is 3.93. The second-order valence-corrected chi connectivity index (χ2v) is 4.57. The molecule has 1 aliphatic heterocycles. The smallest absolute Gasteiger partial charge is 0.124 e. The van der Waals surface area contributed by atoms with Gasteiger partial charge in [0.25, 0.3) is 0 Å². The van der Waals surface area contributed by atoms with Crippen molar-refractivity contribution in [1.82, 2.24) is 5.32 Å². The van der Waals surface area contributed by atoms with Crippen molar-refractivity contribution in [3.05, 3.63) is 34.6 Å². The van der Waals surface area contributed by atoms with Gasteiger partial charge in [0.2, 0.25) is 0 Å². The van der Waals surface area contributed by atoms with E-state index in [1.54, 1.807) is 6.07 Å². The van der Waals surface area contributed by atoms with E-state index in [1.807, 2.05) is 6.07 Å². The van der Waals surface area contributed by atoms with E-state index >= 15 is 0 Å². The maximum absolute atomic E-state index is 13.1. The monoisotopic (exact) mass is 227 g/mol. The van der Waals surface area contributed by atoms with Crippen LogP contribution < -0.4 is 5.32 Å². The van der Waals surface area contributed by atoms with Gasteiger partial charge in [0.15, 0.2) is 0 Å². The van der Waals surface area contributed by atoms with E-state index in [9.17, 15) is 4.39 Å². The average molecular weight is 228 g/mol. The minimum absolute atomic E-state index is 0.242. The first kappa shape index (κ1) is 10.9. The lowest BCUT2D eigenvalue weighted by molar-refractivity contribution is 0.399. The third kappa shape index (κ3) is 3.18. The Morgan fingerprint density at radius 2 is 2.20 bits per heavy atom. The van der Waals surface area contributed by atoms with E-state index in [0.717, 1.165) is 18.5 Å². The van der Waals surface area contributed by atoms with Gasteiger partial charge in [-0.2, -0.15) is 0 Å². The molecule has 3 heteroatoms. The number of halogens is 2. The molecule has 1 aromatic rings. The quantitative estimate of drug-likeness (QED) is 0.819. The predicted octanol–water partition coefficient (Wildman–Crippen LogP) is 3.16. The van der Waals surface area contributed by atoms with E-state index in [0.29, 0.717) is 11.1 Å². The molecular formula is C12H15ClFN. The second-order valence-electron chi connectivity index (χ2n) is 4.13. The highest BCUT2D eigenvalue weighted by Crippen LogP contribution is 2.18. The van der Waals surface area contributed by atoms with Gasteiger partial charge in [-0.3, -0.25) is 0 Å². The van der Waals surface area contributed by atoms with Gasteiger partial charge in [0, 0.05) is 11.1 Å². The summed E-state index contributed by atoms with van der Waals surface area (Å²) >= 11 is 5.81. The zero-order chi connectivity index (χ0) is 10.7. The van der Waals surface area contributed by atoms with E-state index in [-0.39, 0.29) is 5.82 Å². The highest BCUT2D eigenvalue weighted by atomic mass is 35.5. The van der Waals surface area contributed by atoms with Gasteiger partial charge < -0.3 is 5.32 Å². The SMILES string of the molecule is Fc1cc(Cl)cc(C[C@@H]2CCCCN2)c1. The maximum Gasteiger partial charge on any atom is 0.124 e. The van der Waals surface area contributed by atoms with E-state index < -0.39 is 0 Å². The van der Waals surface area contributed by atoms with E-state index in [1.165, 1.54) is 25.3 Å². The molecule has 0 bridgehead atoms. The Balaban J connectivity index is 2.02. The van der Waals surface area contributed by atoms with Gasteiger partial charge in [-0.05, 0) is 49.6 Å². The van der Waals surface area contributed by atoms with Crippen LogP contribution in [0.3, 0.4) is 0 Å². The van der Waals surface area contributed by atoms with Crippen LogP contribution in [0.5, 0.6) is 0 Å². The first-order valence-corrected chi connectivity index (χ1v) is 5.80. The lowest BCUT2D eigenvalue weighted by Crippen LogP contribution is -2.35. The minimum Gasteiger partial charge on any atom is -0.314 e. The second kappa shape index (κ2) is 4.95. The summed E-state index contributed by atoms with van der Waals surface area (Å²) in [4.78, 5) is 0. The van der Waals surface area contributed by atoms with Crippen LogP contribution in [0.4, 0.5) is 4.39 Å². The van der Waals surface area contributed by atoms with Gasteiger partial charge in [-0.1, -0.05) is 18.0 Å². The van der Waals surface area contributed by atoms with Crippen molar-refractivity contribution in [2.24, 2.45) is 0 Å². The summed E-state index contributed by atoms with van der Waals surface area (Å²) in [6.07, 6.45) is 4.56. The van der Waals surface area contributed by atoms with Crippen LogP contribution in [0.2, 0.25) is 5.02 Å². The molecule has 1 fully saturated rings. The Morgan fingerprint density at radius 1 is 1.33 bits per heavy atom. The standard InChI is InChI=1S/C12H15ClFN/c13-10-5-9(6-11(14)8-10)7-12-3-1-2-4-15-12/h5-6,8,12,15H,1-4,7H2/t12-/m0/s1. The molecule has 1 atom stereocenters. The minimum atomic E-state index is -0.242. The van der Waals surface area contributed by atoms with Crippen LogP contribution >= 0.6 is 11.6 Å². The Hall–Kier alpha value is -0.600. The fraction of sp³-hybridized carbons (Fsp3) is 0.500. The molecule has 1 aromatic carbocycles. The normalized spacial score (nSPS) is 21.6. The van der Waals surface area contributed by atoms with Crippen molar-refractivity contribution >= 4 is 11.6 Å². The molecule has 15 heavy (non-hydrogen) atoms. The first-order chi connectivity index (χ1) is 7.24. The number of nitrogens with one attached hydrogen (secondary N) is 1. The van der Waals surface area contributed by atoms with Gasteiger partial charge in [-0.25, -0.2) is 4.39 Å². The number of rotatable bonds is 2. The molecule has 1 aliphatic rings. The van der Waals surface area contributed by atoms with E-state index in [4.69, 9.17) is 11.6 Å². The molecule has 0 aliphatic carbocycles. The van der Waals surface area contributed by atoms with Gasteiger partial charge >= 0.3 is 0 Å². The number of hydrogen-bond donors (Lipinski definition) is 1. The molecule has 0 unspecified atom stereocenters. The zero-order valence-electron chi connectivity index (χ0n) is 8.60. The fourth-order valence-electron chi connectivity index (χ4n) is 2.11. The van der Waals surface area contributed by atoms with Crippen LogP contribution in [0.1, 0.15) is 24.8 Å². The summed E-state index contributed by atoms with van der Waals surface area (Å²) in [5.74, 6) is -0.242. The van der Waals surface area contributed by atoms with Gasteiger partial charge in [0.1, 0.15) is 5.82 Å². The van der Waals surface area contributed by atoms with Crippen molar-refractivity contribution in [3.8, 4) is 0 Å². The molecule has 82 valence electrons. The maximum atomic E-state index is 13.1. The summed E-state index contributed by atoms with van der Waals surface area (Å²) in [6.45, 7) is 1.08. The van der Waals surface area contributed by atoms with Crippen molar-refractivity contribution in [1.29, 1.82) is 0 Å². The predicted molar refractivity (Wildman–Crippen MR) is 60.8 cm³/mol. The number of piperidine rings is 1. The third-order valence-corrected chi connectivity index (χ3v) is 3.04. The van der Waals surface area contributed by atoms with Crippen LogP contribution in [-0.4, -0.2) is 12.6 Å². The highest BCUT2D eigenvalue weighted by molar-refractivity contribution is 6.30. The van der Waals surface area contributed by atoms with Gasteiger partial charge in [0.05, 0.1) is 0 Å². The third-order valence-electron chi connectivity index (χ3n) is 2.82. The molecule has 0 saturated carbocycles. The summed E-state index contributed by atoms with van der Waals surface area (Å²) in [7, 11) is 0. The molecule has 1 heterocycles. The highest BCUT2D eigenvalue weighted by Gasteiger charge is 2.13. The molecule has 1 saturated heterocycles. The molecule has 0 aromatic heterocycles. The van der Waals surface area contributed by atoms with Crippen LogP contribution in [0.15, 0.2) is 18.2 Å². The van der Waals surface area contributed by atoms with Gasteiger partial charge in [-0.15, -0.1) is 0 Å². The molecule has 1 nitrogen and oxygen atoms in total. The summed E-state index contributed by atoms with van der Waals surface area (Å²) in [5.41, 5.74) is 0.986. The zero-order valence-corrected chi connectivity index (χ0v) is 9.36. The van der Waals surface area contributed by atoms with Crippen LogP contribution in [0.25, 0.3) is 0 Å². The fourth-order valence-corrected chi connectivity index (χ4v) is 2.36. The Kier molecular flexibility index (Phi) is 3.60. The topological polar surface area (TPSA) is 12.0 Å². The van der Waals surface area contributed by atoms with Crippen molar-refractivity contribution in [3.63, 3.8) is 0 Å². The lowest BCUT2D eigenvalue weighted by Gasteiger charge is -2.23. The van der Waals surface area contributed by atoms with Crippen molar-refractivity contribution in [2.45, 2.75) is 31.7 Å². The summed E-state index contributed by atoms with van der Waals surface area (Å²) in [6, 6.07) is 5.25. The largest absolute Gasteiger partial charge is 0.314 e. The molecule has 0 spiro atoms. The van der Waals surface area contributed by atoms with E-state index in [2.05, 4.69) is 5.32 Å². The number of hydrogen-bond acceptors (Lipinski definition) is 1. The molecule has 2 rings (SSSR count). The van der Waals surface area contributed by atoms with Crippen LogP contribution in [0, 0.1) is 5.82 Å². The molecular weight excluding hydrogens is 213 g/mol.